The second-order valence-electron chi connectivity index (χ2n) is 4.13. The normalized spacial score (nSPS) is 10.3. The van der Waals surface area contributed by atoms with Crippen molar-refractivity contribution < 1.29 is 9.53 Å². The third-order valence-corrected chi connectivity index (χ3v) is 3.64. The molecule has 0 aliphatic heterocycles. The van der Waals surface area contributed by atoms with Crippen LogP contribution in [-0.4, -0.2) is 12.4 Å². The monoisotopic (exact) mass is 382 g/mol. The van der Waals surface area contributed by atoms with Crippen LogP contribution < -0.4 is 4.74 Å². The van der Waals surface area contributed by atoms with Gasteiger partial charge in [-0.25, -0.2) is 0 Å². The molecule has 2 rings (SSSR count). The summed E-state index contributed by atoms with van der Waals surface area (Å²) in [5, 5.41) is 0. The van der Waals surface area contributed by atoms with Crippen LogP contribution >= 0.6 is 31.9 Å². The highest BCUT2D eigenvalue weighted by atomic mass is 79.9. The van der Waals surface area contributed by atoms with Gasteiger partial charge >= 0.3 is 0 Å². The molecule has 0 aliphatic rings. The number of Topliss-reactive ketones (excluding diaryl/α,β-unsaturated/α-hetero) is 1. The van der Waals surface area contributed by atoms with Crippen LogP contribution in [0.5, 0.6) is 5.75 Å². The molecular formula is C15H12Br2O2. The molecule has 0 atom stereocenters. The third kappa shape index (κ3) is 3.91. The number of halogens is 2. The minimum Gasteiger partial charge on any atom is -0.485 e. The average Bonchev–Trinajstić information content (AvgIpc) is 2.39. The zero-order valence-corrected chi connectivity index (χ0v) is 13.5. The number of benzene rings is 2. The van der Waals surface area contributed by atoms with Crippen LogP contribution in [0.15, 0.2) is 51.4 Å². The Morgan fingerprint density at radius 2 is 1.84 bits per heavy atom. The lowest BCUT2D eigenvalue weighted by Crippen LogP contribution is -2.12. The van der Waals surface area contributed by atoms with E-state index in [1.165, 1.54) is 0 Å². The molecular weight excluding hydrogens is 372 g/mol. The molecule has 0 saturated heterocycles. The standard InChI is InChI=1S/C15H12Br2O2/c1-10-5-6-13(17)8-15(10)19-9-14(18)11-3-2-4-12(16)7-11/h2-8H,9H2,1H3. The Kier molecular flexibility index (Phi) is 4.77. The summed E-state index contributed by atoms with van der Waals surface area (Å²) >= 11 is 6.74. The van der Waals surface area contributed by atoms with E-state index >= 15 is 0 Å². The first kappa shape index (κ1) is 14.3. The molecule has 0 spiro atoms. The van der Waals surface area contributed by atoms with E-state index in [-0.39, 0.29) is 12.4 Å². The summed E-state index contributed by atoms with van der Waals surface area (Å²) in [5.41, 5.74) is 1.65. The first-order chi connectivity index (χ1) is 9.06. The predicted molar refractivity (Wildman–Crippen MR) is 82.8 cm³/mol. The predicted octanol–water partition coefficient (Wildman–Crippen LogP) is 4.78. The van der Waals surface area contributed by atoms with Crippen LogP contribution in [0.3, 0.4) is 0 Å². The molecule has 4 heteroatoms. The number of rotatable bonds is 4. The number of ketones is 1. The van der Waals surface area contributed by atoms with E-state index in [9.17, 15) is 4.79 Å². The molecule has 2 aromatic carbocycles. The molecule has 2 aromatic rings. The highest BCUT2D eigenvalue weighted by Gasteiger charge is 2.08. The Labute approximate surface area is 129 Å². The summed E-state index contributed by atoms with van der Waals surface area (Å²) < 4.78 is 7.40. The first-order valence-electron chi connectivity index (χ1n) is 5.74. The van der Waals surface area contributed by atoms with Gasteiger partial charge in [0.2, 0.25) is 0 Å². The summed E-state index contributed by atoms with van der Waals surface area (Å²) in [5.74, 6) is 0.679. The highest BCUT2D eigenvalue weighted by Crippen LogP contribution is 2.23. The summed E-state index contributed by atoms with van der Waals surface area (Å²) in [7, 11) is 0. The number of hydrogen-bond acceptors (Lipinski definition) is 2. The summed E-state index contributed by atoms with van der Waals surface area (Å²) in [6.45, 7) is 1.99. The van der Waals surface area contributed by atoms with E-state index in [0.29, 0.717) is 5.56 Å². The first-order valence-corrected chi connectivity index (χ1v) is 7.32. The van der Waals surface area contributed by atoms with Gasteiger partial charge in [0.1, 0.15) is 5.75 Å². The number of ether oxygens (including phenoxy) is 1. The molecule has 0 fully saturated rings. The van der Waals surface area contributed by atoms with Gasteiger partial charge in [-0.05, 0) is 36.8 Å². The smallest absolute Gasteiger partial charge is 0.200 e. The van der Waals surface area contributed by atoms with E-state index in [0.717, 1.165) is 20.3 Å². The zero-order valence-electron chi connectivity index (χ0n) is 10.3. The fourth-order valence-electron chi connectivity index (χ4n) is 1.62. The van der Waals surface area contributed by atoms with Crippen LogP contribution in [0.25, 0.3) is 0 Å². The van der Waals surface area contributed by atoms with Gasteiger partial charge in [0, 0.05) is 14.5 Å². The fourth-order valence-corrected chi connectivity index (χ4v) is 2.36. The van der Waals surface area contributed by atoms with Crippen LogP contribution in [0.4, 0.5) is 0 Å². The fraction of sp³-hybridized carbons (Fsp3) is 0.133. The van der Waals surface area contributed by atoms with E-state index in [1.54, 1.807) is 12.1 Å². The maximum atomic E-state index is 12.0. The van der Waals surface area contributed by atoms with Gasteiger partial charge in [-0.1, -0.05) is 50.1 Å². The molecule has 0 amide bonds. The molecule has 98 valence electrons. The van der Waals surface area contributed by atoms with E-state index in [2.05, 4.69) is 31.9 Å². The molecule has 0 aliphatic carbocycles. The van der Waals surface area contributed by atoms with Gasteiger partial charge in [-0.3, -0.25) is 4.79 Å². The van der Waals surface area contributed by atoms with E-state index in [4.69, 9.17) is 4.74 Å². The van der Waals surface area contributed by atoms with Crippen molar-refractivity contribution in [1.82, 2.24) is 0 Å². The molecule has 0 aromatic heterocycles. The molecule has 0 radical (unpaired) electrons. The summed E-state index contributed by atoms with van der Waals surface area (Å²) in [6.07, 6.45) is 0. The molecule has 0 saturated carbocycles. The molecule has 0 bridgehead atoms. The van der Waals surface area contributed by atoms with Gasteiger partial charge in [0.05, 0.1) is 0 Å². The van der Waals surface area contributed by atoms with Crippen molar-refractivity contribution >= 4 is 37.6 Å². The lowest BCUT2D eigenvalue weighted by molar-refractivity contribution is 0.0921. The minimum absolute atomic E-state index is 0.0355. The van der Waals surface area contributed by atoms with Crippen molar-refractivity contribution in [3.63, 3.8) is 0 Å². The molecule has 0 N–H and O–H groups in total. The van der Waals surface area contributed by atoms with Crippen LogP contribution in [0, 0.1) is 6.92 Å². The van der Waals surface area contributed by atoms with Gasteiger partial charge in [0.15, 0.2) is 12.4 Å². The Morgan fingerprint density at radius 1 is 1.11 bits per heavy atom. The van der Waals surface area contributed by atoms with E-state index < -0.39 is 0 Å². The Morgan fingerprint density at radius 3 is 2.58 bits per heavy atom. The van der Waals surface area contributed by atoms with Crippen LogP contribution in [0.2, 0.25) is 0 Å². The number of carbonyl (C=O) groups excluding carboxylic acids is 1. The maximum absolute atomic E-state index is 12.0. The van der Waals surface area contributed by atoms with Gasteiger partial charge in [-0.2, -0.15) is 0 Å². The highest BCUT2D eigenvalue weighted by molar-refractivity contribution is 9.10. The van der Waals surface area contributed by atoms with Crippen molar-refractivity contribution in [2.24, 2.45) is 0 Å². The summed E-state index contributed by atoms with van der Waals surface area (Å²) in [4.78, 5) is 12.0. The van der Waals surface area contributed by atoms with Crippen molar-refractivity contribution in [2.45, 2.75) is 6.92 Å². The second kappa shape index (κ2) is 6.35. The van der Waals surface area contributed by atoms with Crippen molar-refractivity contribution in [3.8, 4) is 5.75 Å². The Hall–Kier alpha value is -1.13. The van der Waals surface area contributed by atoms with Crippen molar-refractivity contribution in [3.05, 3.63) is 62.5 Å². The molecule has 2 nitrogen and oxygen atoms in total. The lowest BCUT2D eigenvalue weighted by Gasteiger charge is -2.09. The minimum atomic E-state index is -0.0410. The number of carbonyl (C=O) groups is 1. The molecule has 19 heavy (non-hydrogen) atoms. The molecule has 0 heterocycles. The lowest BCUT2D eigenvalue weighted by atomic mass is 10.1. The SMILES string of the molecule is Cc1ccc(Br)cc1OCC(=O)c1cccc(Br)c1. The zero-order chi connectivity index (χ0) is 13.8. The third-order valence-electron chi connectivity index (χ3n) is 2.66. The van der Waals surface area contributed by atoms with Crippen molar-refractivity contribution in [2.75, 3.05) is 6.61 Å². The van der Waals surface area contributed by atoms with E-state index in [1.807, 2.05) is 37.3 Å². The van der Waals surface area contributed by atoms with Crippen LogP contribution in [0.1, 0.15) is 15.9 Å². The van der Waals surface area contributed by atoms with Crippen LogP contribution in [-0.2, 0) is 0 Å². The Bertz CT molecular complexity index is 609. The van der Waals surface area contributed by atoms with Gasteiger partial charge < -0.3 is 4.74 Å². The number of aryl methyl sites for hydroxylation is 1. The second-order valence-corrected chi connectivity index (χ2v) is 5.96. The van der Waals surface area contributed by atoms with Crippen molar-refractivity contribution in [1.29, 1.82) is 0 Å². The maximum Gasteiger partial charge on any atom is 0.200 e. The Balaban J connectivity index is 2.06. The quantitative estimate of drug-likeness (QED) is 0.710. The topological polar surface area (TPSA) is 26.3 Å². The molecule has 0 unspecified atom stereocenters. The number of hydrogen-bond donors (Lipinski definition) is 0. The largest absolute Gasteiger partial charge is 0.485 e. The van der Waals surface area contributed by atoms with Gasteiger partial charge in [0.25, 0.3) is 0 Å². The summed E-state index contributed by atoms with van der Waals surface area (Å²) in [6, 6.07) is 13.0. The van der Waals surface area contributed by atoms with Gasteiger partial charge in [-0.15, -0.1) is 0 Å². The average molecular weight is 384 g/mol.